The molecule has 0 spiro atoms. The van der Waals surface area contributed by atoms with E-state index in [1.165, 1.54) is 29.5 Å². The van der Waals surface area contributed by atoms with Crippen molar-refractivity contribution in [2.75, 3.05) is 5.32 Å². The number of carbonyl (C=O) groups is 1. The highest BCUT2D eigenvalue weighted by atomic mass is 32.1. The van der Waals surface area contributed by atoms with E-state index in [1.807, 2.05) is 12.3 Å². The van der Waals surface area contributed by atoms with Crippen LogP contribution in [0.5, 0.6) is 0 Å². The minimum Gasteiger partial charge on any atom is -0.322 e. The molecule has 0 unspecified atom stereocenters. The molecule has 2 rings (SSSR count). The van der Waals surface area contributed by atoms with Gasteiger partial charge in [0.15, 0.2) is 0 Å². The number of anilines is 1. The fourth-order valence-corrected chi connectivity index (χ4v) is 2.33. The van der Waals surface area contributed by atoms with Gasteiger partial charge in [-0.25, -0.2) is 4.98 Å². The van der Waals surface area contributed by atoms with E-state index < -0.39 is 4.92 Å². The van der Waals surface area contributed by atoms with Crippen molar-refractivity contribution in [3.05, 3.63) is 56.0 Å². The molecular weight excluding hydrogens is 290 g/mol. The quantitative estimate of drug-likeness (QED) is 0.533. The molecule has 1 aromatic carbocycles. The summed E-state index contributed by atoms with van der Waals surface area (Å²) in [6.45, 7) is 3.48. The maximum Gasteiger partial charge on any atom is 0.274 e. The molecule has 0 aliphatic rings. The third-order valence-corrected chi connectivity index (χ3v) is 3.59. The molecule has 108 valence electrons. The minimum absolute atomic E-state index is 0.0214. The predicted octanol–water partition coefficient (Wildman–Crippen LogP) is 3.32. The van der Waals surface area contributed by atoms with Gasteiger partial charge in [0.1, 0.15) is 0 Å². The molecule has 7 heteroatoms. The third kappa shape index (κ3) is 3.73. The van der Waals surface area contributed by atoms with Gasteiger partial charge in [-0.3, -0.25) is 14.9 Å². The molecule has 0 saturated heterocycles. The number of nitrogens with zero attached hydrogens (tertiary/aromatic N) is 2. The second kappa shape index (κ2) is 6.27. The Kier molecular flexibility index (Phi) is 4.44. The number of thiazole rings is 1. The molecule has 1 N–H and O–H groups in total. The van der Waals surface area contributed by atoms with E-state index in [1.54, 1.807) is 19.1 Å². The van der Waals surface area contributed by atoms with Gasteiger partial charge >= 0.3 is 0 Å². The second-order valence-electron chi connectivity index (χ2n) is 4.32. The summed E-state index contributed by atoms with van der Waals surface area (Å²) in [4.78, 5) is 26.4. The van der Waals surface area contributed by atoms with E-state index in [-0.39, 0.29) is 11.6 Å². The topological polar surface area (TPSA) is 85.1 Å². The summed E-state index contributed by atoms with van der Waals surface area (Å²) in [5.74, 6) is -0.357. The number of aryl methyl sites for hydroxylation is 1. The van der Waals surface area contributed by atoms with Crippen molar-refractivity contribution in [2.24, 2.45) is 0 Å². The van der Waals surface area contributed by atoms with Crippen LogP contribution in [-0.4, -0.2) is 15.8 Å². The van der Waals surface area contributed by atoms with E-state index in [2.05, 4.69) is 10.3 Å². The lowest BCUT2D eigenvalue weighted by Crippen LogP contribution is -2.09. The summed E-state index contributed by atoms with van der Waals surface area (Å²) in [7, 11) is 0. The average molecular weight is 303 g/mol. The Hall–Kier alpha value is -2.54. The van der Waals surface area contributed by atoms with Crippen LogP contribution in [0.25, 0.3) is 6.08 Å². The van der Waals surface area contributed by atoms with Crippen LogP contribution in [0.2, 0.25) is 0 Å². The normalized spacial score (nSPS) is 10.8. The fraction of sp³-hybridized carbons (Fsp3) is 0.143. The Bertz CT molecular complexity index is 722. The van der Waals surface area contributed by atoms with Gasteiger partial charge in [-0.05, 0) is 26.0 Å². The zero-order chi connectivity index (χ0) is 15.4. The van der Waals surface area contributed by atoms with Crippen LogP contribution in [-0.2, 0) is 4.79 Å². The Morgan fingerprint density at radius 3 is 2.81 bits per heavy atom. The highest BCUT2D eigenvalue weighted by Gasteiger charge is 2.13. The van der Waals surface area contributed by atoms with Crippen molar-refractivity contribution in [3.8, 4) is 0 Å². The first-order valence-electron chi connectivity index (χ1n) is 6.12. The Labute approximate surface area is 125 Å². The largest absolute Gasteiger partial charge is 0.322 e. The van der Waals surface area contributed by atoms with Crippen LogP contribution in [0.15, 0.2) is 29.7 Å². The van der Waals surface area contributed by atoms with Crippen molar-refractivity contribution in [2.45, 2.75) is 13.8 Å². The Morgan fingerprint density at radius 1 is 1.43 bits per heavy atom. The van der Waals surface area contributed by atoms with Crippen molar-refractivity contribution >= 4 is 34.7 Å². The molecule has 0 atom stereocenters. The Balaban J connectivity index is 2.11. The van der Waals surface area contributed by atoms with E-state index in [0.717, 1.165) is 5.01 Å². The highest BCUT2D eigenvalue weighted by Crippen LogP contribution is 2.25. The number of nitro benzene ring substituents is 1. The van der Waals surface area contributed by atoms with Gasteiger partial charge in [0.05, 0.1) is 26.9 Å². The number of carbonyl (C=O) groups excluding carboxylic acids is 1. The van der Waals surface area contributed by atoms with E-state index in [0.29, 0.717) is 16.9 Å². The highest BCUT2D eigenvalue weighted by molar-refractivity contribution is 7.09. The van der Waals surface area contributed by atoms with Crippen LogP contribution in [0, 0.1) is 24.0 Å². The first-order valence-corrected chi connectivity index (χ1v) is 7.00. The van der Waals surface area contributed by atoms with Crippen molar-refractivity contribution in [1.82, 2.24) is 4.98 Å². The first kappa shape index (κ1) is 14.9. The number of rotatable bonds is 4. The summed E-state index contributed by atoms with van der Waals surface area (Å²) < 4.78 is 0. The molecule has 21 heavy (non-hydrogen) atoms. The average Bonchev–Trinajstić information content (AvgIpc) is 2.84. The first-order chi connectivity index (χ1) is 9.97. The number of aromatic nitrogens is 1. The van der Waals surface area contributed by atoms with Gasteiger partial charge in [-0.2, -0.15) is 0 Å². The van der Waals surface area contributed by atoms with Gasteiger partial charge in [-0.1, -0.05) is 6.07 Å². The van der Waals surface area contributed by atoms with Crippen molar-refractivity contribution in [3.63, 3.8) is 0 Å². The lowest BCUT2D eigenvalue weighted by molar-refractivity contribution is -0.385. The fourth-order valence-electron chi connectivity index (χ4n) is 1.75. The van der Waals surface area contributed by atoms with Crippen molar-refractivity contribution in [1.29, 1.82) is 0 Å². The van der Waals surface area contributed by atoms with Gasteiger partial charge < -0.3 is 5.32 Å². The number of benzene rings is 1. The summed E-state index contributed by atoms with van der Waals surface area (Å²) in [5.41, 5.74) is 1.54. The zero-order valence-electron chi connectivity index (χ0n) is 11.5. The number of amides is 1. The van der Waals surface area contributed by atoms with Crippen LogP contribution >= 0.6 is 11.3 Å². The molecule has 6 nitrogen and oxygen atoms in total. The van der Waals surface area contributed by atoms with Crippen LogP contribution in [0.3, 0.4) is 0 Å². The van der Waals surface area contributed by atoms with E-state index in [4.69, 9.17) is 0 Å². The molecular formula is C14H13N3O3S. The van der Waals surface area contributed by atoms with Gasteiger partial charge in [-0.15, -0.1) is 11.3 Å². The van der Waals surface area contributed by atoms with Crippen LogP contribution < -0.4 is 5.32 Å². The maximum absolute atomic E-state index is 11.8. The van der Waals surface area contributed by atoms with Gasteiger partial charge in [0.2, 0.25) is 5.91 Å². The van der Waals surface area contributed by atoms with Gasteiger partial charge in [0, 0.05) is 17.5 Å². The summed E-state index contributed by atoms with van der Waals surface area (Å²) >= 11 is 1.50. The molecule has 0 aliphatic carbocycles. The monoisotopic (exact) mass is 303 g/mol. The molecule has 0 aliphatic heterocycles. The summed E-state index contributed by atoms with van der Waals surface area (Å²) in [5, 5.41) is 16.2. The number of nitrogens with one attached hydrogen (secondary N) is 1. The molecule has 0 radical (unpaired) electrons. The standard InChI is InChI=1S/C14H13N3O3S/c1-9-12(4-3-5-13(9)17(19)20)16-14(18)7-6-11-8-21-10(2)15-11/h3-8H,1-2H3,(H,16,18)/b7-6+. The van der Waals surface area contributed by atoms with Crippen LogP contribution in [0.1, 0.15) is 16.3 Å². The van der Waals surface area contributed by atoms with Crippen LogP contribution in [0.4, 0.5) is 11.4 Å². The third-order valence-electron chi connectivity index (χ3n) is 2.80. The molecule has 1 heterocycles. The molecule has 2 aromatic rings. The Morgan fingerprint density at radius 2 is 2.19 bits per heavy atom. The molecule has 1 aromatic heterocycles. The lowest BCUT2D eigenvalue weighted by atomic mass is 10.1. The molecule has 0 bridgehead atoms. The molecule has 1 amide bonds. The van der Waals surface area contributed by atoms with Gasteiger partial charge in [0.25, 0.3) is 5.69 Å². The summed E-state index contributed by atoms with van der Waals surface area (Å²) in [6.07, 6.45) is 2.96. The number of hydrogen-bond donors (Lipinski definition) is 1. The molecule has 0 saturated carbocycles. The lowest BCUT2D eigenvalue weighted by Gasteiger charge is -2.06. The molecule has 0 fully saturated rings. The predicted molar refractivity (Wildman–Crippen MR) is 82.3 cm³/mol. The number of hydrogen-bond acceptors (Lipinski definition) is 5. The second-order valence-corrected chi connectivity index (χ2v) is 5.38. The number of nitro groups is 1. The zero-order valence-corrected chi connectivity index (χ0v) is 12.3. The van der Waals surface area contributed by atoms with E-state index >= 15 is 0 Å². The minimum atomic E-state index is -0.473. The maximum atomic E-state index is 11.8. The van der Waals surface area contributed by atoms with E-state index in [9.17, 15) is 14.9 Å². The SMILES string of the molecule is Cc1nc(/C=C/C(=O)Nc2cccc([N+](=O)[O-])c2C)cs1. The van der Waals surface area contributed by atoms with Crippen molar-refractivity contribution < 1.29 is 9.72 Å². The summed E-state index contributed by atoms with van der Waals surface area (Å²) in [6, 6.07) is 4.56. The smallest absolute Gasteiger partial charge is 0.274 e.